The molecule has 0 heterocycles. The van der Waals surface area contributed by atoms with E-state index < -0.39 is 28.9 Å². The number of carbonyl (C=O) groups is 2. The highest BCUT2D eigenvalue weighted by Crippen LogP contribution is 2.24. The lowest BCUT2D eigenvalue weighted by Gasteiger charge is -2.09. The molecule has 2 aromatic carbocycles. The number of benzene rings is 2. The van der Waals surface area contributed by atoms with Gasteiger partial charge in [-0.1, -0.05) is 0 Å². The highest BCUT2D eigenvalue weighted by atomic mass is 19.1. The Balaban J connectivity index is 2.01. The van der Waals surface area contributed by atoms with Gasteiger partial charge < -0.3 is 20.5 Å². The monoisotopic (exact) mass is 350 g/mol. The second kappa shape index (κ2) is 8.09. The minimum atomic E-state index is -1.17. The van der Waals surface area contributed by atoms with Gasteiger partial charge in [-0.2, -0.15) is 0 Å². The van der Waals surface area contributed by atoms with Gasteiger partial charge in [0, 0.05) is 24.4 Å². The number of ether oxygens (including phenoxy) is 1. The maximum absolute atomic E-state index is 13.6. The summed E-state index contributed by atoms with van der Waals surface area (Å²) in [5.41, 5.74) is -0.351. The largest absolute Gasteiger partial charge is 0.507 e. The summed E-state index contributed by atoms with van der Waals surface area (Å²) in [5, 5.41) is 14.5. The third-order valence-corrected chi connectivity index (χ3v) is 3.12. The molecular formula is C17H16F2N2O4. The quantitative estimate of drug-likeness (QED) is 0.747. The van der Waals surface area contributed by atoms with Crippen molar-refractivity contribution in [2.24, 2.45) is 0 Å². The van der Waals surface area contributed by atoms with Crippen molar-refractivity contribution in [3.8, 4) is 11.5 Å². The number of hydrogen-bond donors (Lipinski definition) is 3. The molecule has 2 aromatic rings. The summed E-state index contributed by atoms with van der Waals surface area (Å²) in [4.78, 5) is 23.3. The van der Waals surface area contributed by atoms with Gasteiger partial charge in [0.15, 0.2) is 6.61 Å². The van der Waals surface area contributed by atoms with Crippen LogP contribution in [-0.2, 0) is 4.79 Å². The molecule has 0 fully saturated rings. The van der Waals surface area contributed by atoms with Crippen LogP contribution >= 0.6 is 0 Å². The molecule has 0 radical (unpaired) electrons. The van der Waals surface area contributed by atoms with Gasteiger partial charge in [-0.25, -0.2) is 8.78 Å². The highest BCUT2D eigenvalue weighted by Gasteiger charge is 2.18. The van der Waals surface area contributed by atoms with Gasteiger partial charge in [0.05, 0.1) is 0 Å². The predicted octanol–water partition coefficient (Wildman–Crippen LogP) is 2.44. The van der Waals surface area contributed by atoms with Crippen molar-refractivity contribution in [3.05, 3.63) is 53.6 Å². The Kier molecular flexibility index (Phi) is 5.89. The molecule has 3 N–H and O–H groups in total. The molecule has 0 aliphatic carbocycles. The summed E-state index contributed by atoms with van der Waals surface area (Å²) in [6, 6.07) is 7.13. The molecule has 6 nitrogen and oxygen atoms in total. The third-order valence-electron chi connectivity index (χ3n) is 3.12. The van der Waals surface area contributed by atoms with Crippen LogP contribution in [0.2, 0.25) is 0 Å². The van der Waals surface area contributed by atoms with Crippen molar-refractivity contribution in [2.45, 2.75) is 6.92 Å². The maximum Gasteiger partial charge on any atom is 0.262 e. The number of rotatable bonds is 6. The van der Waals surface area contributed by atoms with E-state index in [2.05, 4.69) is 10.6 Å². The number of hydrogen-bond acceptors (Lipinski definition) is 4. The average Bonchev–Trinajstić information content (AvgIpc) is 2.53. The van der Waals surface area contributed by atoms with E-state index in [9.17, 15) is 23.5 Å². The van der Waals surface area contributed by atoms with Gasteiger partial charge in [-0.3, -0.25) is 9.59 Å². The number of phenolic OH excluding ortho intramolecular Hbond substituents is 1. The van der Waals surface area contributed by atoms with E-state index in [1.807, 2.05) is 0 Å². The van der Waals surface area contributed by atoms with Crippen molar-refractivity contribution in [1.29, 1.82) is 0 Å². The Labute approximate surface area is 142 Å². The zero-order chi connectivity index (χ0) is 18.4. The first-order chi connectivity index (χ1) is 11.9. The van der Waals surface area contributed by atoms with E-state index in [1.165, 1.54) is 24.3 Å². The fourth-order valence-electron chi connectivity index (χ4n) is 2.01. The molecule has 0 bridgehead atoms. The van der Waals surface area contributed by atoms with E-state index in [1.54, 1.807) is 6.92 Å². The lowest BCUT2D eigenvalue weighted by atomic mass is 10.1. The molecule has 0 aliphatic heterocycles. The normalized spacial score (nSPS) is 10.2. The first-order valence-corrected chi connectivity index (χ1v) is 7.39. The number of anilines is 1. The number of amides is 2. The molecule has 2 rings (SSSR count). The van der Waals surface area contributed by atoms with Crippen LogP contribution in [0.5, 0.6) is 11.5 Å². The van der Waals surface area contributed by atoms with Crippen LogP contribution < -0.4 is 15.4 Å². The summed E-state index contributed by atoms with van der Waals surface area (Å²) in [5.74, 6) is -3.73. The molecule has 132 valence electrons. The van der Waals surface area contributed by atoms with Crippen LogP contribution in [0, 0.1) is 11.6 Å². The van der Waals surface area contributed by atoms with Crippen molar-refractivity contribution in [3.63, 3.8) is 0 Å². The number of likely N-dealkylation sites (N-methyl/N-ethyl adjacent to an activating group) is 1. The van der Waals surface area contributed by atoms with Crippen LogP contribution in [-0.4, -0.2) is 30.1 Å². The van der Waals surface area contributed by atoms with E-state index >= 15 is 0 Å². The Hall–Kier alpha value is -3.16. The lowest BCUT2D eigenvalue weighted by molar-refractivity contribution is -0.122. The molecule has 0 unspecified atom stereocenters. The van der Waals surface area contributed by atoms with Crippen LogP contribution in [0.3, 0.4) is 0 Å². The Bertz CT molecular complexity index is 756. The van der Waals surface area contributed by atoms with Crippen LogP contribution in [0.15, 0.2) is 36.4 Å². The Morgan fingerprint density at radius 1 is 1.16 bits per heavy atom. The maximum atomic E-state index is 13.6. The standard InChI is InChI=1S/C17H16F2N2O4/c1-2-20-15(23)9-25-12-5-3-11(4-6-12)21-17(24)16-13(19)7-10(18)8-14(16)22/h3-8,22H,2,9H2,1H3,(H,20,23)(H,21,24). The molecule has 0 aromatic heterocycles. The van der Waals surface area contributed by atoms with E-state index in [4.69, 9.17) is 4.74 Å². The summed E-state index contributed by atoms with van der Waals surface area (Å²) < 4.78 is 31.8. The number of carbonyl (C=O) groups excluding carboxylic acids is 2. The first kappa shape index (κ1) is 18.2. The number of halogens is 2. The second-order valence-electron chi connectivity index (χ2n) is 5.00. The van der Waals surface area contributed by atoms with Gasteiger partial charge in [-0.05, 0) is 31.2 Å². The minimum absolute atomic E-state index is 0.145. The predicted molar refractivity (Wildman–Crippen MR) is 86.6 cm³/mol. The molecule has 0 saturated carbocycles. The van der Waals surface area contributed by atoms with E-state index in [-0.39, 0.29) is 12.5 Å². The lowest BCUT2D eigenvalue weighted by Crippen LogP contribution is -2.28. The van der Waals surface area contributed by atoms with Gasteiger partial charge in [0.2, 0.25) is 0 Å². The molecule has 8 heteroatoms. The number of nitrogens with one attached hydrogen (secondary N) is 2. The molecular weight excluding hydrogens is 334 g/mol. The first-order valence-electron chi connectivity index (χ1n) is 7.39. The molecule has 0 saturated heterocycles. The highest BCUT2D eigenvalue weighted by molar-refractivity contribution is 6.06. The number of aromatic hydroxyl groups is 1. The number of phenols is 1. The van der Waals surface area contributed by atoms with Crippen molar-refractivity contribution in [1.82, 2.24) is 5.32 Å². The molecule has 0 spiro atoms. The third kappa shape index (κ3) is 4.90. The zero-order valence-corrected chi connectivity index (χ0v) is 13.3. The zero-order valence-electron chi connectivity index (χ0n) is 13.3. The van der Waals surface area contributed by atoms with Gasteiger partial charge in [0.1, 0.15) is 28.7 Å². The average molecular weight is 350 g/mol. The van der Waals surface area contributed by atoms with Crippen LogP contribution in [0.25, 0.3) is 0 Å². The van der Waals surface area contributed by atoms with Crippen molar-refractivity contribution in [2.75, 3.05) is 18.5 Å². The summed E-state index contributed by atoms with van der Waals surface area (Å²) in [7, 11) is 0. The summed E-state index contributed by atoms with van der Waals surface area (Å²) in [6.45, 7) is 2.14. The van der Waals surface area contributed by atoms with Crippen LogP contribution in [0.1, 0.15) is 17.3 Å². The fourth-order valence-corrected chi connectivity index (χ4v) is 2.01. The Morgan fingerprint density at radius 2 is 1.84 bits per heavy atom. The van der Waals surface area contributed by atoms with Crippen LogP contribution in [0.4, 0.5) is 14.5 Å². The molecule has 25 heavy (non-hydrogen) atoms. The molecule has 0 atom stereocenters. The topological polar surface area (TPSA) is 87.7 Å². The molecule has 2 amide bonds. The minimum Gasteiger partial charge on any atom is -0.507 e. The summed E-state index contributed by atoms with van der Waals surface area (Å²) in [6.07, 6.45) is 0. The van der Waals surface area contributed by atoms with Crippen molar-refractivity contribution < 1.29 is 28.2 Å². The summed E-state index contributed by atoms with van der Waals surface area (Å²) >= 11 is 0. The van der Waals surface area contributed by atoms with Gasteiger partial charge in [-0.15, -0.1) is 0 Å². The second-order valence-corrected chi connectivity index (χ2v) is 5.00. The van der Waals surface area contributed by atoms with Gasteiger partial charge >= 0.3 is 0 Å². The SMILES string of the molecule is CCNC(=O)COc1ccc(NC(=O)c2c(O)cc(F)cc2F)cc1. The Morgan fingerprint density at radius 3 is 2.44 bits per heavy atom. The smallest absolute Gasteiger partial charge is 0.262 e. The van der Waals surface area contributed by atoms with E-state index in [0.717, 1.165) is 0 Å². The molecule has 0 aliphatic rings. The van der Waals surface area contributed by atoms with E-state index in [0.29, 0.717) is 30.1 Å². The van der Waals surface area contributed by atoms with Gasteiger partial charge in [0.25, 0.3) is 11.8 Å². The fraction of sp³-hybridized carbons (Fsp3) is 0.176. The van der Waals surface area contributed by atoms with Crippen molar-refractivity contribution >= 4 is 17.5 Å².